The van der Waals surface area contributed by atoms with E-state index in [1.54, 1.807) is 0 Å². The molecule has 0 aliphatic carbocycles. The fraction of sp³-hybridized carbons (Fsp3) is 1.00. The molecule has 2 rings (SSSR count). The second-order valence-electron chi connectivity index (χ2n) is 5.63. The normalized spacial score (nSPS) is 26.3. The first-order valence-electron chi connectivity index (χ1n) is 7.09. The topological polar surface area (TPSA) is 65.0 Å². The van der Waals surface area contributed by atoms with Crippen LogP contribution in [0.2, 0.25) is 0 Å². The molecular weight excluding hydrogens is 232 g/mol. The molecule has 0 aromatic carbocycles. The van der Waals surface area contributed by atoms with Crippen molar-refractivity contribution in [3.05, 3.63) is 0 Å². The summed E-state index contributed by atoms with van der Waals surface area (Å²) in [6, 6.07) is 0. The molecule has 2 fully saturated rings. The zero-order valence-electron chi connectivity index (χ0n) is 11.1. The maximum Gasteiger partial charge on any atom is 0.0815 e. The molecule has 0 saturated carbocycles. The highest BCUT2D eigenvalue weighted by Gasteiger charge is 2.29. The van der Waals surface area contributed by atoms with E-state index in [0.717, 1.165) is 19.6 Å². The third-order valence-electron chi connectivity index (χ3n) is 3.93. The molecule has 2 heterocycles. The van der Waals surface area contributed by atoms with Crippen LogP contribution in [-0.2, 0) is 4.74 Å². The van der Waals surface area contributed by atoms with E-state index >= 15 is 0 Å². The van der Waals surface area contributed by atoms with Crippen LogP contribution in [0.5, 0.6) is 0 Å². The van der Waals surface area contributed by atoms with Crippen molar-refractivity contribution in [2.24, 2.45) is 0 Å². The molecular formula is C13H26N2O3. The Kier molecular flexibility index (Phi) is 5.38. The molecule has 2 saturated heterocycles. The lowest BCUT2D eigenvalue weighted by Crippen LogP contribution is -2.47. The Bertz CT molecular complexity index is 238. The molecule has 0 aromatic rings. The zero-order chi connectivity index (χ0) is 12.8. The van der Waals surface area contributed by atoms with Gasteiger partial charge in [0.05, 0.1) is 11.7 Å². The van der Waals surface area contributed by atoms with Crippen LogP contribution < -0.4 is 5.32 Å². The molecule has 2 aliphatic rings. The number of aliphatic hydroxyl groups excluding tert-OH is 1. The van der Waals surface area contributed by atoms with Gasteiger partial charge in [0.15, 0.2) is 0 Å². The van der Waals surface area contributed by atoms with Crippen molar-refractivity contribution in [2.75, 3.05) is 45.9 Å². The second-order valence-corrected chi connectivity index (χ2v) is 5.63. The molecule has 0 radical (unpaired) electrons. The van der Waals surface area contributed by atoms with Crippen molar-refractivity contribution in [2.45, 2.75) is 37.4 Å². The van der Waals surface area contributed by atoms with E-state index in [-0.39, 0.29) is 6.10 Å². The lowest BCUT2D eigenvalue weighted by atomic mass is 9.94. The number of hydrogen-bond acceptors (Lipinski definition) is 5. The Hall–Kier alpha value is -0.200. The third-order valence-corrected chi connectivity index (χ3v) is 3.93. The Morgan fingerprint density at radius 2 is 1.89 bits per heavy atom. The van der Waals surface area contributed by atoms with E-state index < -0.39 is 5.60 Å². The Morgan fingerprint density at radius 3 is 2.56 bits per heavy atom. The molecule has 0 amide bonds. The van der Waals surface area contributed by atoms with E-state index in [4.69, 9.17) is 4.74 Å². The maximum atomic E-state index is 10.2. The van der Waals surface area contributed by atoms with E-state index in [2.05, 4.69) is 10.2 Å². The average Bonchev–Trinajstić information content (AvgIpc) is 2.82. The van der Waals surface area contributed by atoms with Gasteiger partial charge in [0.25, 0.3) is 0 Å². The van der Waals surface area contributed by atoms with Gasteiger partial charge in [0.1, 0.15) is 0 Å². The summed E-state index contributed by atoms with van der Waals surface area (Å²) in [5, 5.41) is 23.3. The molecule has 3 N–H and O–H groups in total. The van der Waals surface area contributed by atoms with Crippen molar-refractivity contribution in [1.82, 2.24) is 10.2 Å². The van der Waals surface area contributed by atoms with Gasteiger partial charge in [-0.05, 0) is 25.9 Å². The van der Waals surface area contributed by atoms with Gasteiger partial charge >= 0.3 is 0 Å². The number of hydrogen-bond donors (Lipinski definition) is 3. The van der Waals surface area contributed by atoms with Gasteiger partial charge < -0.3 is 25.2 Å². The summed E-state index contributed by atoms with van der Waals surface area (Å²) in [4.78, 5) is 2.30. The van der Waals surface area contributed by atoms with Gasteiger partial charge in [0, 0.05) is 45.7 Å². The highest BCUT2D eigenvalue weighted by Crippen LogP contribution is 2.19. The first-order chi connectivity index (χ1) is 8.68. The fourth-order valence-electron chi connectivity index (χ4n) is 2.73. The molecule has 1 unspecified atom stereocenters. The molecule has 5 heteroatoms. The number of ether oxygens (including phenoxy) is 1. The van der Waals surface area contributed by atoms with Gasteiger partial charge in [-0.15, -0.1) is 0 Å². The lowest BCUT2D eigenvalue weighted by molar-refractivity contribution is -0.0625. The second kappa shape index (κ2) is 6.82. The number of nitrogens with zero attached hydrogens (tertiary/aromatic N) is 1. The summed E-state index contributed by atoms with van der Waals surface area (Å²) in [6.45, 7) is 5.33. The van der Waals surface area contributed by atoms with Gasteiger partial charge in [-0.3, -0.25) is 0 Å². The molecule has 5 nitrogen and oxygen atoms in total. The summed E-state index contributed by atoms with van der Waals surface area (Å²) >= 11 is 0. The number of rotatable bonds is 6. The minimum absolute atomic E-state index is 0.341. The molecule has 0 aromatic heterocycles. The Labute approximate surface area is 109 Å². The van der Waals surface area contributed by atoms with Gasteiger partial charge in [0.2, 0.25) is 0 Å². The number of likely N-dealkylation sites (tertiary alicyclic amines) is 1. The summed E-state index contributed by atoms with van der Waals surface area (Å²) in [5.74, 6) is 0. The number of β-amino-alcohol motifs (C(OH)–C–C–N with tert-alkyl or cyclic N) is 1. The van der Waals surface area contributed by atoms with Crippen LogP contribution in [0.3, 0.4) is 0 Å². The lowest BCUT2D eigenvalue weighted by Gasteiger charge is -2.32. The van der Waals surface area contributed by atoms with Crippen LogP contribution in [-0.4, -0.2) is 72.8 Å². The minimum Gasteiger partial charge on any atom is -0.390 e. The fourth-order valence-corrected chi connectivity index (χ4v) is 2.73. The van der Waals surface area contributed by atoms with E-state index in [0.29, 0.717) is 39.1 Å². The van der Waals surface area contributed by atoms with Gasteiger partial charge in [-0.2, -0.15) is 0 Å². The van der Waals surface area contributed by atoms with Crippen LogP contribution in [0, 0.1) is 0 Å². The number of aliphatic hydroxyl groups is 2. The predicted molar refractivity (Wildman–Crippen MR) is 69.6 cm³/mol. The Balaban J connectivity index is 1.58. The molecule has 0 spiro atoms. The van der Waals surface area contributed by atoms with Crippen molar-refractivity contribution in [3.63, 3.8) is 0 Å². The minimum atomic E-state index is -0.647. The van der Waals surface area contributed by atoms with Crippen LogP contribution in [0.4, 0.5) is 0 Å². The molecule has 18 heavy (non-hydrogen) atoms. The van der Waals surface area contributed by atoms with Crippen LogP contribution >= 0.6 is 0 Å². The summed E-state index contributed by atoms with van der Waals surface area (Å²) in [6.07, 6.45) is 3.52. The largest absolute Gasteiger partial charge is 0.390 e. The van der Waals surface area contributed by atoms with Crippen molar-refractivity contribution in [3.8, 4) is 0 Å². The van der Waals surface area contributed by atoms with Crippen LogP contribution in [0.15, 0.2) is 0 Å². The van der Waals surface area contributed by atoms with Gasteiger partial charge in [-0.1, -0.05) is 0 Å². The quantitative estimate of drug-likeness (QED) is 0.603. The zero-order valence-corrected chi connectivity index (χ0v) is 11.1. The molecule has 1 atom stereocenters. The van der Waals surface area contributed by atoms with E-state index in [1.807, 2.05) is 0 Å². The first kappa shape index (κ1) is 14.2. The molecule has 0 bridgehead atoms. The first-order valence-corrected chi connectivity index (χ1v) is 7.09. The standard InChI is InChI=1S/C13H26N2O3/c16-12(10-15-5-1-2-6-15)9-14-11-13(17)3-7-18-8-4-13/h12,14,16-17H,1-11H2. The maximum absolute atomic E-state index is 10.2. The van der Waals surface area contributed by atoms with Gasteiger partial charge in [-0.25, -0.2) is 0 Å². The summed E-state index contributed by atoms with van der Waals surface area (Å²) < 4.78 is 5.24. The highest BCUT2D eigenvalue weighted by atomic mass is 16.5. The van der Waals surface area contributed by atoms with Crippen molar-refractivity contribution < 1.29 is 14.9 Å². The third kappa shape index (κ3) is 4.48. The Morgan fingerprint density at radius 1 is 1.22 bits per heavy atom. The van der Waals surface area contributed by atoms with Crippen LogP contribution in [0.1, 0.15) is 25.7 Å². The highest BCUT2D eigenvalue weighted by molar-refractivity contribution is 4.84. The van der Waals surface area contributed by atoms with E-state index in [9.17, 15) is 10.2 Å². The average molecular weight is 258 g/mol. The van der Waals surface area contributed by atoms with Crippen molar-refractivity contribution in [1.29, 1.82) is 0 Å². The number of nitrogens with one attached hydrogen (secondary N) is 1. The predicted octanol–water partition coefficient (Wildman–Crippen LogP) is -0.426. The van der Waals surface area contributed by atoms with Crippen LogP contribution in [0.25, 0.3) is 0 Å². The monoisotopic (exact) mass is 258 g/mol. The summed E-state index contributed by atoms with van der Waals surface area (Å²) in [5.41, 5.74) is -0.647. The summed E-state index contributed by atoms with van der Waals surface area (Å²) in [7, 11) is 0. The smallest absolute Gasteiger partial charge is 0.0815 e. The SMILES string of the molecule is OC(CNCC1(O)CCOCC1)CN1CCCC1. The molecule has 106 valence electrons. The van der Waals surface area contributed by atoms with E-state index in [1.165, 1.54) is 12.8 Å². The van der Waals surface area contributed by atoms with Crippen molar-refractivity contribution >= 4 is 0 Å². The molecule has 2 aliphatic heterocycles.